The molecule has 0 saturated heterocycles. The third-order valence-electron chi connectivity index (χ3n) is 2.72. The summed E-state index contributed by atoms with van der Waals surface area (Å²) in [5.41, 5.74) is 9.64. The monoisotopic (exact) mass is 321 g/mol. The Kier molecular flexibility index (Phi) is 4.87. The molecule has 0 spiro atoms. The average molecular weight is 322 g/mol. The van der Waals surface area contributed by atoms with Crippen LogP contribution in [0.1, 0.15) is 16.7 Å². The maximum atomic E-state index is 5.78. The molecular weight excluding hydrogens is 306 g/mol. The Bertz CT molecular complexity index is 540. The van der Waals surface area contributed by atoms with Crippen molar-refractivity contribution in [3.63, 3.8) is 0 Å². The van der Waals surface area contributed by atoms with Crippen molar-refractivity contribution < 1.29 is 0 Å². The van der Waals surface area contributed by atoms with E-state index < -0.39 is 0 Å². The molecule has 0 aliphatic heterocycles. The van der Waals surface area contributed by atoms with Crippen LogP contribution in [0.5, 0.6) is 0 Å². The number of rotatable bonds is 4. The van der Waals surface area contributed by atoms with Gasteiger partial charge in [0.15, 0.2) is 0 Å². The molecule has 0 heterocycles. The van der Waals surface area contributed by atoms with Crippen LogP contribution < -0.4 is 5.73 Å². The highest BCUT2D eigenvalue weighted by Gasteiger charge is 2.03. The fraction of sp³-hybridized carbons (Fsp3) is 0.200. The molecule has 2 rings (SSSR count). The quantitative estimate of drug-likeness (QED) is 0.838. The van der Waals surface area contributed by atoms with Crippen LogP contribution in [-0.4, -0.2) is 0 Å². The van der Waals surface area contributed by atoms with Gasteiger partial charge in [-0.3, -0.25) is 0 Å². The molecule has 0 aliphatic rings. The van der Waals surface area contributed by atoms with Gasteiger partial charge in [0.25, 0.3) is 0 Å². The van der Waals surface area contributed by atoms with Crippen molar-refractivity contribution in [3.05, 3.63) is 63.6 Å². The lowest BCUT2D eigenvalue weighted by molar-refractivity contribution is 1.02. The Morgan fingerprint density at radius 1 is 1.17 bits per heavy atom. The van der Waals surface area contributed by atoms with Crippen LogP contribution in [0.15, 0.2) is 51.8 Å². The largest absolute Gasteiger partial charge is 0.326 e. The van der Waals surface area contributed by atoms with Crippen LogP contribution in [0.4, 0.5) is 0 Å². The van der Waals surface area contributed by atoms with E-state index in [4.69, 9.17) is 5.73 Å². The number of thioether (sulfide) groups is 1. The van der Waals surface area contributed by atoms with Gasteiger partial charge < -0.3 is 5.73 Å². The van der Waals surface area contributed by atoms with E-state index in [0.29, 0.717) is 6.54 Å². The van der Waals surface area contributed by atoms with Gasteiger partial charge in [0, 0.05) is 21.7 Å². The summed E-state index contributed by atoms with van der Waals surface area (Å²) in [5.74, 6) is 0.982. The first kappa shape index (κ1) is 13.7. The maximum absolute atomic E-state index is 5.78. The van der Waals surface area contributed by atoms with Crippen molar-refractivity contribution in [2.75, 3.05) is 0 Å². The second kappa shape index (κ2) is 6.41. The molecule has 18 heavy (non-hydrogen) atoms. The lowest BCUT2D eigenvalue weighted by Crippen LogP contribution is -1.98. The third kappa shape index (κ3) is 3.61. The summed E-state index contributed by atoms with van der Waals surface area (Å²) < 4.78 is 1.09. The van der Waals surface area contributed by atoms with E-state index in [2.05, 4.69) is 65.3 Å². The van der Waals surface area contributed by atoms with Crippen LogP contribution in [0.25, 0.3) is 0 Å². The van der Waals surface area contributed by atoms with Crippen LogP contribution in [-0.2, 0) is 12.3 Å². The van der Waals surface area contributed by atoms with Crippen molar-refractivity contribution in [2.45, 2.75) is 24.1 Å². The van der Waals surface area contributed by atoms with Gasteiger partial charge >= 0.3 is 0 Å². The predicted octanol–water partition coefficient (Wildman–Crippen LogP) is 4.51. The van der Waals surface area contributed by atoms with Crippen LogP contribution >= 0.6 is 27.7 Å². The van der Waals surface area contributed by atoms with Crippen molar-refractivity contribution in [1.29, 1.82) is 0 Å². The number of aryl methyl sites for hydroxylation is 1. The predicted molar refractivity (Wildman–Crippen MR) is 82.8 cm³/mol. The number of hydrogen-bond donors (Lipinski definition) is 1. The molecule has 3 heteroatoms. The topological polar surface area (TPSA) is 26.0 Å². The van der Waals surface area contributed by atoms with E-state index in [-0.39, 0.29) is 0 Å². The Hall–Kier alpha value is -0.770. The molecule has 0 bridgehead atoms. The molecule has 94 valence electrons. The molecule has 1 nitrogen and oxygen atoms in total. The Labute approximate surface area is 121 Å². The number of nitrogens with two attached hydrogens (primary N) is 1. The zero-order valence-electron chi connectivity index (χ0n) is 10.3. The van der Waals surface area contributed by atoms with Crippen molar-refractivity contribution in [3.8, 4) is 0 Å². The fourth-order valence-electron chi connectivity index (χ4n) is 1.81. The van der Waals surface area contributed by atoms with Gasteiger partial charge in [-0.25, -0.2) is 0 Å². The lowest BCUT2D eigenvalue weighted by Gasteiger charge is -2.08. The summed E-state index contributed by atoms with van der Waals surface area (Å²) in [4.78, 5) is 1.27. The van der Waals surface area contributed by atoms with Crippen molar-refractivity contribution in [1.82, 2.24) is 0 Å². The van der Waals surface area contributed by atoms with Crippen LogP contribution in [0, 0.1) is 6.92 Å². The highest BCUT2D eigenvalue weighted by atomic mass is 79.9. The fourth-order valence-corrected chi connectivity index (χ4v) is 3.21. The smallest absolute Gasteiger partial charge is 0.0232 e. The van der Waals surface area contributed by atoms with Gasteiger partial charge in [-0.15, -0.1) is 11.8 Å². The molecule has 2 N–H and O–H groups in total. The number of benzene rings is 2. The maximum Gasteiger partial charge on any atom is 0.0232 e. The second-order valence-electron chi connectivity index (χ2n) is 4.23. The summed E-state index contributed by atoms with van der Waals surface area (Å²) in [6, 6.07) is 14.9. The standard InChI is InChI=1S/C15H16BrNS/c1-11-3-2-4-12(7-11)10-18-15-6-5-14(16)8-13(15)9-17/h2-8H,9-10,17H2,1H3. The lowest BCUT2D eigenvalue weighted by atomic mass is 10.2. The molecule has 0 amide bonds. The van der Waals surface area contributed by atoms with E-state index in [0.717, 1.165) is 10.2 Å². The molecule has 2 aromatic rings. The van der Waals surface area contributed by atoms with E-state index in [1.54, 1.807) is 0 Å². The Morgan fingerprint density at radius 3 is 2.72 bits per heavy atom. The minimum atomic E-state index is 0.579. The molecular formula is C15H16BrNS. The molecule has 0 atom stereocenters. The molecule has 0 unspecified atom stereocenters. The van der Waals surface area contributed by atoms with E-state index in [1.807, 2.05) is 11.8 Å². The molecule has 2 aromatic carbocycles. The van der Waals surface area contributed by atoms with Gasteiger partial charge in [-0.05, 0) is 36.2 Å². The van der Waals surface area contributed by atoms with Gasteiger partial charge in [-0.1, -0.05) is 45.8 Å². The van der Waals surface area contributed by atoms with Gasteiger partial charge in [-0.2, -0.15) is 0 Å². The van der Waals surface area contributed by atoms with Gasteiger partial charge in [0.2, 0.25) is 0 Å². The molecule has 0 aromatic heterocycles. The normalized spacial score (nSPS) is 10.6. The summed E-state index contributed by atoms with van der Waals surface area (Å²) in [7, 11) is 0. The van der Waals surface area contributed by atoms with Crippen molar-refractivity contribution >= 4 is 27.7 Å². The highest BCUT2D eigenvalue weighted by Crippen LogP contribution is 2.28. The zero-order chi connectivity index (χ0) is 13.0. The van der Waals surface area contributed by atoms with Crippen LogP contribution in [0.3, 0.4) is 0 Å². The highest BCUT2D eigenvalue weighted by molar-refractivity contribution is 9.10. The molecule has 0 fully saturated rings. The number of hydrogen-bond acceptors (Lipinski definition) is 2. The van der Waals surface area contributed by atoms with Crippen molar-refractivity contribution in [2.24, 2.45) is 5.73 Å². The summed E-state index contributed by atoms with van der Waals surface area (Å²) >= 11 is 5.32. The Balaban J connectivity index is 2.10. The van der Waals surface area contributed by atoms with Crippen LogP contribution in [0.2, 0.25) is 0 Å². The summed E-state index contributed by atoms with van der Waals surface area (Å²) in [6.07, 6.45) is 0. The second-order valence-corrected chi connectivity index (χ2v) is 6.17. The average Bonchev–Trinajstić information content (AvgIpc) is 2.37. The molecule has 0 saturated carbocycles. The third-order valence-corrected chi connectivity index (χ3v) is 4.40. The van der Waals surface area contributed by atoms with E-state index >= 15 is 0 Å². The van der Waals surface area contributed by atoms with Gasteiger partial charge in [0.1, 0.15) is 0 Å². The number of halogens is 1. The minimum absolute atomic E-state index is 0.579. The summed E-state index contributed by atoms with van der Waals surface area (Å²) in [5, 5.41) is 0. The first-order chi connectivity index (χ1) is 8.69. The minimum Gasteiger partial charge on any atom is -0.326 e. The Morgan fingerprint density at radius 2 is 2.00 bits per heavy atom. The van der Waals surface area contributed by atoms with E-state index in [1.165, 1.54) is 21.6 Å². The zero-order valence-corrected chi connectivity index (χ0v) is 12.7. The van der Waals surface area contributed by atoms with E-state index in [9.17, 15) is 0 Å². The SMILES string of the molecule is Cc1cccc(CSc2ccc(Br)cc2CN)c1. The summed E-state index contributed by atoms with van der Waals surface area (Å²) in [6.45, 7) is 2.70. The first-order valence-electron chi connectivity index (χ1n) is 5.86. The molecule has 0 aliphatic carbocycles. The van der Waals surface area contributed by atoms with Gasteiger partial charge in [0.05, 0.1) is 0 Å². The first-order valence-corrected chi connectivity index (χ1v) is 7.64. The molecule has 0 radical (unpaired) electrons.